The van der Waals surface area contributed by atoms with E-state index in [-0.39, 0.29) is 10.0 Å². The lowest BCUT2D eigenvalue weighted by molar-refractivity contribution is -0.140. The first-order valence-electron chi connectivity index (χ1n) is 7.21. The van der Waals surface area contributed by atoms with Gasteiger partial charge in [-0.2, -0.15) is 18.3 Å². The number of anilines is 1. The number of nitrogens with zero attached hydrogens (tertiary/aromatic N) is 2. The van der Waals surface area contributed by atoms with Gasteiger partial charge in [0.15, 0.2) is 0 Å². The molecule has 1 N–H and O–H groups in total. The Hall–Kier alpha value is -2.26. The van der Waals surface area contributed by atoms with Gasteiger partial charge in [0.05, 0.1) is 17.5 Å². The first-order chi connectivity index (χ1) is 12.3. The minimum Gasteiger partial charge on any atom is -0.253 e. The van der Waals surface area contributed by atoms with E-state index in [9.17, 15) is 17.6 Å². The molecule has 0 aliphatic rings. The van der Waals surface area contributed by atoms with Crippen molar-refractivity contribution in [3.05, 3.63) is 69.3 Å². The van der Waals surface area contributed by atoms with Gasteiger partial charge in [0, 0.05) is 21.0 Å². The lowest BCUT2D eigenvalue weighted by Gasteiger charge is -2.10. The number of hydrazone groups is 1. The molecule has 0 radical (unpaired) electrons. The van der Waals surface area contributed by atoms with E-state index < -0.39 is 17.6 Å². The summed E-state index contributed by atoms with van der Waals surface area (Å²) in [5, 5.41) is 6.04. The molecule has 0 atom stereocenters. The first kappa shape index (κ1) is 18.5. The molecule has 0 aliphatic heterocycles. The highest BCUT2D eigenvalue weighted by molar-refractivity contribution is 9.10. The van der Waals surface area contributed by atoms with Crippen LogP contribution >= 0.6 is 27.3 Å². The molecule has 0 unspecified atom stereocenters. The van der Waals surface area contributed by atoms with Gasteiger partial charge in [-0.05, 0) is 12.1 Å². The summed E-state index contributed by atoms with van der Waals surface area (Å²) < 4.78 is 52.6. The van der Waals surface area contributed by atoms with Gasteiger partial charge in [0.1, 0.15) is 5.82 Å². The molecule has 9 heteroatoms. The number of halogens is 5. The molecule has 0 saturated heterocycles. The molecule has 0 spiro atoms. The van der Waals surface area contributed by atoms with Crippen LogP contribution in [0.15, 0.2) is 57.4 Å². The second-order valence-electron chi connectivity index (χ2n) is 5.13. The van der Waals surface area contributed by atoms with Crippen LogP contribution in [0, 0.1) is 5.82 Å². The number of hydrogen-bond acceptors (Lipinski definition) is 4. The van der Waals surface area contributed by atoms with Crippen molar-refractivity contribution in [3.63, 3.8) is 0 Å². The Morgan fingerprint density at radius 1 is 1.15 bits per heavy atom. The standard InChI is InChI=1S/C17H10BrF4N3S/c18-12-6-11(15(19)13(7-12)17(20,21)22)8-23-25-16-24-14(9-26-16)10-4-2-1-3-5-10/h1-9H,(H,24,25). The van der Waals surface area contributed by atoms with Crippen LogP contribution in [0.4, 0.5) is 22.7 Å². The van der Waals surface area contributed by atoms with Crippen LogP contribution in [0.3, 0.4) is 0 Å². The lowest BCUT2D eigenvalue weighted by Crippen LogP contribution is -2.10. The highest BCUT2D eigenvalue weighted by Crippen LogP contribution is 2.34. The number of aromatic nitrogens is 1. The molecule has 134 valence electrons. The summed E-state index contributed by atoms with van der Waals surface area (Å²) >= 11 is 4.22. The summed E-state index contributed by atoms with van der Waals surface area (Å²) in [4.78, 5) is 4.32. The number of hydrogen-bond donors (Lipinski definition) is 1. The highest BCUT2D eigenvalue weighted by atomic mass is 79.9. The van der Waals surface area contributed by atoms with E-state index in [1.54, 1.807) is 0 Å². The fraction of sp³-hybridized carbons (Fsp3) is 0.0588. The molecule has 0 saturated carbocycles. The lowest BCUT2D eigenvalue weighted by atomic mass is 10.1. The van der Waals surface area contributed by atoms with Crippen LogP contribution in [-0.2, 0) is 6.18 Å². The molecule has 0 amide bonds. The van der Waals surface area contributed by atoms with E-state index in [0.717, 1.165) is 17.5 Å². The van der Waals surface area contributed by atoms with Crippen molar-refractivity contribution < 1.29 is 17.6 Å². The molecular weight excluding hydrogens is 434 g/mol. The zero-order valence-corrected chi connectivity index (χ0v) is 15.3. The topological polar surface area (TPSA) is 37.3 Å². The molecule has 1 heterocycles. The molecule has 0 aliphatic carbocycles. The first-order valence-corrected chi connectivity index (χ1v) is 8.88. The van der Waals surface area contributed by atoms with E-state index in [2.05, 4.69) is 31.4 Å². The van der Waals surface area contributed by atoms with Crippen molar-refractivity contribution in [2.24, 2.45) is 5.10 Å². The van der Waals surface area contributed by atoms with Crippen LogP contribution in [-0.4, -0.2) is 11.2 Å². The van der Waals surface area contributed by atoms with Gasteiger partial charge in [0.2, 0.25) is 5.13 Å². The Balaban J connectivity index is 1.78. The zero-order valence-electron chi connectivity index (χ0n) is 12.9. The van der Waals surface area contributed by atoms with Crippen LogP contribution < -0.4 is 5.43 Å². The van der Waals surface area contributed by atoms with Crippen molar-refractivity contribution in [1.82, 2.24) is 4.98 Å². The fourth-order valence-electron chi connectivity index (χ4n) is 2.13. The van der Waals surface area contributed by atoms with Crippen molar-refractivity contribution >= 4 is 38.6 Å². The van der Waals surface area contributed by atoms with Gasteiger partial charge in [-0.25, -0.2) is 9.37 Å². The van der Waals surface area contributed by atoms with Crippen LogP contribution in [0.2, 0.25) is 0 Å². The smallest absolute Gasteiger partial charge is 0.253 e. The Morgan fingerprint density at radius 2 is 1.88 bits per heavy atom. The predicted molar refractivity (Wildman–Crippen MR) is 97.9 cm³/mol. The molecule has 2 aromatic carbocycles. The Labute approximate surface area is 158 Å². The maximum absolute atomic E-state index is 14.0. The van der Waals surface area contributed by atoms with E-state index in [0.29, 0.717) is 11.2 Å². The van der Waals surface area contributed by atoms with Gasteiger partial charge in [-0.15, -0.1) is 11.3 Å². The molecule has 1 aromatic heterocycles. The predicted octanol–water partition coefficient (Wildman–Crippen LogP) is 6.18. The van der Waals surface area contributed by atoms with Gasteiger partial charge < -0.3 is 0 Å². The van der Waals surface area contributed by atoms with Crippen LogP contribution in [0.5, 0.6) is 0 Å². The Kier molecular flexibility index (Phi) is 5.38. The quantitative estimate of drug-likeness (QED) is 0.297. The minimum absolute atomic E-state index is 0.105. The van der Waals surface area contributed by atoms with Crippen LogP contribution in [0.25, 0.3) is 11.3 Å². The third kappa shape index (κ3) is 4.28. The summed E-state index contributed by atoms with van der Waals surface area (Å²) in [6, 6.07) is 11.4. The number of nitrogens with one attached hydrogen (secondary N) is 1. The van der Waals surface area contributed by atoms with E-state index in [4.69, 9.17) is 0 Å². The zero-order chi connectivity index (χ0) is 18.7. The monoisotopic (exact) mass is 443 g/mol. The molecule has 0 bridgehead atoms. The molecule has 0 fully saturated rings. The molecule has 3 rings (SSSR count). The number of rotatable bonds is 4. The van der Waals surface area contributed by atoms with Crippen molar-refractivity contribution in [3.8, 4) is 11.3 Å². The van der Waals surface area contributed by atoms with Gasteiger partial charge in [-0.3, -0.25) is 5.43 Å². The number of benzene rings is 2. The summed E-state index contributed by atoms with van der Waals surface area (Å²) in [6.45, 7) is 0. The van der Waals surface area contributed by atoms with Crippen molar-refractivity contribution in [2.45, 2.75) is 6.18 Å². The van der Waals surface area contributed by atoms with Crippen molar-refractivity contribution in [2.75, 3.05) is 5.43 Å². The largest absolute Gasteiger partial charge is 0.419 e. The maximum atomic E-state index is 14.0. The second-order valence-corrected chi connectivity index (χ2v) is 6.90. The van der Waals surface area contributed by atoms with Crippen molar-refractivity contribution in [1.29, 1.82) is 0 Å². The van der Waals surface area contributed by atoms with Gasteiger partial charge in [0.25, 0.3) is 0 Å². The summed E-state index contributed by atoms with van der Waals surface area (Å²) in [5.41, 5.74) is 2.62. The molecular formula is C17H10BrF4N3S. The normalized spacial score (nSPS) is 11.9. The van der Waals surface area contributed by atoms with E-state index in [1.165, 1.54) is 17.4 Å². The fourth-order valence-corrected chi connectivity index (χ4v) is 3.28. The second kappa shape index (κ2) is 7.55. The van der Waals surface area contributed by atoms with Gasteiger partial charge >= 0.3 is 6.18 Å². The SMILES string of the molecule is Fc1c(C=NNc2nc(-c3ccccc3)cs2)cc(Br)cc1C(F)(F)F. The summed E-state index contributed by atoms with van der Waals surface area (Å²) in [7, 11) is 0. The Morgan fingerprint density at radius 3 is 2.58 bits per heavy atom. The average Bonchev–Trinajstić information content (AvgIpc) is 3.06. The number of thiazole rings is 1. The van der Waals surface area contributed by atoms with Crippen LogP contribution in [0.1, 0.15) is 11.1 Å². The minimum atomic E-state index is -4.79. The summed E-state index contributed by atoms with van der Waals surface area (Å²) in [6.07, 6.45) is -3.80. The highest BCUT2D eigenvalue weighted by Gasteiger charge is 2.35. The Bertz CT molecular complexity index is 939. The molecule has 3 aromatic rings. The molecule has 26 heavy (non-hydrogen) atoms. The summed E-state index contributed by atoms with van der Waals surface area (Å²) in [5.74, 6) is -1.38. The number of alkyl halides is 3. The third-order valence-corrected chi connectivity index (χ3v) is 4.51. The maximum Gasteiger partial charge on any atom is 0.419 e. The molecule has 3 nitrogen and oxygen atoms in total. The van der Waals surface area contributed by atoms with E-state index in [1.807, 2.05) is 35.7 Å². The third-order valence-electron chi connectivity index (χ3n) is 3.31. The van der Waals surface area contributed by atoms with Gasteiger partial charge in [-0.1, -0.05) is 46.3 Å². The van der Waals surface area contributed by atoms with E-state index >= 15 is 0 Å². The average molecular weight is 444 g/mol.